The molecule has 198 valence electrons. The SMILES string of the molecule is COc1ccc(-c2c(C(=O)N3C[C@@H](C)O[C@@H](C)[C@H]3CNc3ccc(C(F)(F)F)cn3)nn(C)c2C)nc1. The van der Waals surface area contributed by atoms with E-state index in [-0.39, 0.29) is 36.2 Å². The van der Waals surface area contributed by atoms with Crippen molar-refractivity contribution in [3.8, 4) is 17.0 Å². The number of carbonyl (C=O) groups is 1. The van der Waals surface area contributed by atoms with Crippen molar-refractivity contribution in [1.82, 2.24) is 24.6 Å². The van der Waals surface area contributed by atoms with E-state index < -0.39 is 17.8 Å². The molecule has 1 saturated heterocycles. The van der Waals surface area contributed by atoms with Crippen LogP contribution in [0.4, 0.5) is 19.0 Å². The summed E-state index contributed by atoms with van der Waals surface area (Å²) in [5, 5.41) is 7.56. The van der Waals surface area contributed by atoms with Crippen LogP contribution >= 0.6 is 0 Å². The van der Waals surface area contributed by atoms with Crippen molar-refractivity contribution in [1.29, 1.82) is 0 Å². The lowest BCUT2D eigenvalue weighted by Gasteiger charge is -2.42. The number of hydrogen-bond donors (Lipinski definition) is 1. The topological polar surface area (TPSA) is 94.4 Å². The zero-order valence-corrected chi connectivity index (χ0v) is 21.2. The fraction of sp³-hybridized carbons (Fsp3) is 0.440. The van der Waals surface area contributed by atoms with E-state index >= 15 is 0 Å². The van der Waals surface area contributed by atoms with Crippen LogP contribution in [0, 0.1) is 6.92 Å². The number of halogens is 3. The Bertz CT molecular complexity index is 1240. The second-order valence-corrected chi connectivity index (χ2v) is 9.00. The van der Waals surface area contributed by atoms with E-state index in [1.807, 2.05) is 20.8 Å². The molecule has 0 radical (unpaired) electrons. The molecule has 3 aromatic rings. The molecule has 0 bridgehead atoms. The lowest BCUT2D eigenvalue weighted by atomic mass is 10.0. The molecular formula is C25H29F3N6O3. The molecule has 3 atom stereocenters. The number of anilines is 1. The van der Waals surface area contributed by atoms with Gasteiger partial charge >= 0.3 is 6.18 Å². The summed E-state index contributed by atoms with van der Waals surface area (Å²) in [7, 11) is 3.31. The van der Waals surface area contributed by atoms with Crippen molar-refractivity contribution in [2.24, 2.45) is 7.05 Å². The summed E-state index contributed by atoms with van der Waals surface area (Å²) in [6.07, 6.45) is -2.67. The van der Waals surface area contributed by atoms with Crippen molar-refractivity contribution in [3.05, 3.63) is 53.6 Å². The second kappa shape index (κ2) is 10.4. The maximum atomic E-state index is 13.9. The molecule has 1 N–H and O–H groups in total. The standard InChI is InChI=1S/C25H29F3N6O3/c1-14-13-34(20(16(3)37-14)12-31-21-9-6-17(10-30-21)25(26,27)28)24(35)23-22(15(2)33(4)32-23)19-8-7-18(36-5)11-29-19/h6-11,14,16,20H,12-13H2,1-5H3,(H,30,31)/t14-,16+,20-/m1/s1. The third-order valence-electron chi connectivity index (χ3n) is 6.45. The molecule has 1 aliphatic rings. The van der Waals surface area contributed by atoms with Crippen LogP contribution in [0.3, 0.4) is 0 Å². The van der Waals surface area contributed by atoms with Gasteiger partial charge < -0.3 is 19.7 Å². The van der Waals surface area contributed by atoms with Gasteiger partial charge in [-0.1, -0.05) is 0 Å². The summed E-state index contributed by atoms with van der Waals surface area (Å²) in [4.78, 5) is 24.0. The van der Waals surface area contributed by atoms with E-state index in [9.17, 15) is 18.0 Å². The summed E-state index contributed by atoms with van der Waals surface area (Å²) in [5.74, 6) is 0.575. The van der Waals surface area contributed by atoms with Gasteiger partial charge in [-0.15, -0.1) is 0 Å². The number of ether oxygens (including phenoxy) is 2. The first-order valence-corrected chi connectivity index (χ1v) is 11.8. The predicted octanol–water partition coefficient (Wildman–Crippen LogP) is 3.94. The first kappa shape index (κ1) is 26.4. The third kappa shape index (κ3) is 5.53. The van der Waals surface area contributed by atoms with Gasteiger partial charge in [0.2, 0.25) is 0 Å². The van der Waals surface area contributed by atoms with E-state index in [0.29, 0.717) is 23.6 Å². The van der Waals surface area contributed by atoms with Crippen LogP contribution in [0.15, 0.2) is 36.7 Å². The molecular weight excluding hydrogens is 489 g/mol. The average molecular weight is 519 g/mol. The van der Waals surface area contributed by atoms with Crippen LogP contribution in [-0.4, -0.2) is 69.0 Å². The maximum absolute atomic E-state index is 13.9. The van der Waals surface area contributed by atoms with Crippen LogP contribution in [0.5, 0.6) is 5.75 Å². The Hall–Kier alpha value is -3.67. The zero-order chi connectivity index (χ0) is 26.9. The summed E-state index contributed by atoms with van der Waals surface area (Å²) in [6.45, 7) is 6.15. The number of carbonyl (C=O) groups excluding carboxylic acids is 1. The number of hydrogen-bond acceptors (Lipinski definition) is 7. The molecule has 0 aliphatic carbocycles. The molecule has 1 fully saturated rings. The minimum Gasteiger partial charge on any atom is -0.495 e. The summed E-state index contributed by atoms with van der Waals surface area (Å²) >= 11 is 0. The van der Waals surface area contributed by atoms with Crippen molar-refractivity contribution < 1.29 is 27.4 Å². The Morgan fingerprint density at radius 1 is 1.19 bits per heavy atom. The van der Waals surface area contributed by atoms with Gasteiger partial charge in [0.05, 0.1) is 48.4 Å². The Morgan fingerprint density at radius 2 is 1.95 bits per heavy atom. The van der Waals surface area contributed by atoms with Crippen LogP contribution in [-0.2, 0) is 18.0 Å². The van der Waals surface area contributed by atoms with Gasteiger partial charge in [0.15, 0.2) is 5.69 Å². The van der Waals surface area contributed by atoms with Crippen LogP contribution in [0.25, 0.3) is 11.3 Å². The molecule has 9 nitrogen and oxygen atoms in total. The molecule has 0 unspecified atom stereocenters. The lowest BCUT2D eigenvalue weighted by molar-refractivity contribution is -0.137. The number of nitrogens with zero attached hydrogens (tertiary/aromatic N) is 5. The highest BCUT2D eigenvalue weighted by Gasteiger charge is 2.38. The van der Waals surface area contributed by atoms with Crippen molar-refractivity contribution >= 4 is 11.7 Å². The lowest BCUT2D eigenvalue weighted by Crippen LogP contribution is -2.58. The minimum atomic E-state index is -4.46. The molecule has 1 aliphatic heterocycles. The number of aryl methyl sites for hydroxylation is 1. The van der Waals surface area contributed by atoms with E-state index in [1.165, 1.54) is 6.07 Å². The molecule has 0 aromatic carbocycles. The third-order valence-corrected chi connectivity index (χ3v) is 6.45. The van der Waals surface area contributed by atoms with Gasteiger partial charge in [-0.2, -0.15) is 18.3 Å². The van der Waals surface area contributed by atoms with Crippen LogP contribution in [0.1, 0.15) is 35.6 Å². The Kier molecular flexibility index (Phi) is 7.39. The molecule has 1 amide bonds. The highest BCUT2D eigenvalue weighted by molar-refractivity contribution is 5.99. The number of rotatable bonds is 6. The fourth-order valence-corrected chi connectivity index (χ4v) is 4.40. The van der Waals surface area contributed by atoms with Gasteiger partial charge in [-0.05, 0) is 45.0 Å². The molecule has 0 spiro atoms. The predicted molar refractivity (Wildman–Crippen MR) is 130 cm³/mol. The largest absolute Gasteiger partial charge is 0.495 e. The number of amides is 1. The van der Waals surface area contributed by atoms with Crippen molar-refractivity contribution in [2.75, 3.05) is 25.5 Å². The quantitative estimate of drug-likeness (QED) is 0.528. The van der Waals surface area contributed by atoms with Crippen LogP contribution in [0.2, 0.25) is 0 Å². The average Bonchev–Trinajstić information content (AvgIpc) is 3.16. The fourth-order valence-electron chi connectivity index (χ4n) is 4.40. The summed E-state index contributed by atoms with van der Waals surface area (Å²) < 4.78 is 51.4. The Balaban J connectivity index is 1.61. The number of pyridine rings is 2. The van der Waals surface area contributed by atoms with E-state index in [1.54, 1.807) is 42.1 Å². The number of nitrogens with one attached hydrogen (secondary N) is 1. The van der Waals surface area contributed by atoms with E-state index in [2.05, 4.69) is 20.4 Å². The first-order valence-electron chi connectivity index (χ1n) is 11.8. The normalized spacial score (nSPS) is 20.1. The summed E-state index contributed by atoms with van der Waals surface area (Å²) in [6, 6.07) is 5.35. The highest BCUT2D eigenvalue weighted by Crippen LogP contribution is 2.31. The van der Waals surface area contributed by atoms with Crippen LogP contribution < -0.4 is 10.1 Å². The second-order valence-electron chi connectivity index (χ2n) is 9.00. The highest BCUT2D eigenvalue weighted by atomic mass is 19.4. The minimum absolute atomic E-state index is 0.216. The zero-order valence-electron chi connectivity index (χ0n) is 21.2. The van der Waals surface area contributed by atoms with Gasteiger partial charge in [-0.3, -0.25) is 14.5 Å². The Labute approximate surface area is 212 Å². The summed E-state index contributed by atoms with van der Waals surface area (Å²) in [5.41, 5.74) is 1.42. The molecule has 3 aromatic heterocycles. The van der Waals surface area contributed by atoms with Gasteiger partial charge in [0.25, 0.3) is 5.91 Å². The maximum Gasteiger partial charge on any atom is 0.417 e. The molecule has 4 rings (SSSR count). The van der Waals surface area contributed by atoms with Crippen molar-refractivity contribution in [2.45, 2.75) is 45.2 Å². The first-order chi connectivity index (χ1) is 17.5. The van der Waals surface area contributed by atoms with Gasteiger partial charge in [0.1, 0.15) is 11.6 Å². The molecule has 37 heavy (non-hydrogen) atoms. The van der Waals surface area contributed by atoms with E-state index in [4.69, 9.17) is 9.47 Å². The van der Waals surface area contributed by atoms with Gasteiger partial charge in [-0.25, -0.2) is 4.98 Å². The van der Waals surface area contributed by atoms with Crippen molar-refractivity contribution in [3.63, 3.8) is 0 Å². The molecule has 12 heteroatoms. The Morgan fingerprint density at radius 3 is 2.54 bits per heavy atom. The molecule has 0 saturated carbocycles. The molecule has 4 heterocycles. The number of morpholine rings is 1. The smallest absolute Gasteiger partial charge is 0.417 e. The number of aromatic nitrogens is 4. The number of methoxy groups -OCH3 is 1. The number of alkyl halides is 3. The van der Waals surface area contributed by atoms with E-state index in [0.717, 1.165) is 18.0 Å². The monoisotopic (exact) mass is 518 g/mol. The van der Waals surface area contributed by atoms with Gasteiger partial charge in [0, 0.05) is 32.0 Å².